The predicted octanol–water partition coefficient (Wildman–Crippen LogP) is 4.59. The lowest BCUT2D eigenvalue weighted by molar-refractivity contribution is -0.189. The van der Waals surface area contributed by atoms with Crippen molar-refractivity contribution in [1.29, 1.82) is 0 Å². The SMILES string of the molecule is CNC(=O)c1cc(-c2cccc(CN3O[C@@H](COC(C)=O)[C@@H]([C@H](C)OC(C)=O)[C@H]3C(=O)N[C@H]3C[C@H]4C[C@H]([C@@H]3C)C4(C)C)c2OC)cc(N(C)C)c1. The summed E-state index contributed by atoms with van der Waals surface area (Å²) in [5.41, 5.74) is 3.84. The van der Waals surface area contributed by atoms with Crippen molar-refractivity contribution in [2.75, 3.05) is 39.8 Å². The van der Waals surface area contributed by atoms with Crippen LogP contribution in [-0.2, 0) is 35.2 Å². The van der Waals surface area contributed by atoms with Gasteiger partial charge in [-0.2, -0.15) is 5.06 Å². The summed E-state index contributed by atoms with van der Waals surface area (Å²) in [5.74, 6) is -0.171. The molecule has 0 radical (unpaired) electrons. The zero-order valence-corrected chi connectivity index (χ0v) is 31.6. The molecule has 1 heterocycles. The summed E-state index contributed by atoms with van der Waals surface area (Å²) in [5, 5.41) is 7.69. The molecule has 1 aliphatic heterocycles. The minimum Gasteiger partial charge on any atom is -0.496 e. The van der Waals surface area contributed by atoms with Crippen LogP contribution in [0.25, 0.3) is 11.1 Å². The lowest BCUT2D eigenvalue weighted by atomic mass is 9.45. The topological polar surface area (TPSA) is 136 Å². The molecule has 278 valence electrons. The maximum Gasteiger partial charge on any atom is 0.302 e. The Hall–Kier alpha value is -4.16. The van der Waals surface area contributed by atoms with Gasteiger partial charge in [-0.25, -0.2) is 0 Å². The molecular formula is C39H54N4O8. The van der Waals surface area contributed by atoms with Crippen LogP contribution in [0, 0.1) is 29.1 Å². The minimum absolute atomic E-state index is 0.00956. The summed E-state index contributed by atoms with van der Waals surface area (Å²) < 4.78 is 17.1. The van der Waals surface area contributed by atoms with Crippen LogP contribution in [0.3, 0.4) is 0 Å². The highest BCUT2D eigenvalue weighted by atomic mass is 16.7. The molecule has 2 bridgehead atoms. The Morgan fingerprint density at radius 2 is 1.80 bits per heavy atom. The molecule has 2 N–H and O–H groups in total. The quantitative estimate of drug-likeness (QED) is 0.302. The van der Waals surface area contributed by atoms with Crippen LogP contribution >= 0.6 is 0 Å². The first kappa shape index (κ1) is 38.1. The number of hydrogen-bond donors (Lipinski definition) is 2. The second-order valence-corrected chi connectivity index (χ2v) is 15.2. The third-order valence-electron chi connectivity index (χ3n) is 11.5. The fraction of sp³-hybridized carbons (Fsp3) is 0.590. The van der Waals surface area contributed by atoms with Gasteiger partial charge >= 0.3 is 11.9 Å². The Balaban J connectivity index is 1.53. The van der Waals surface area contributed by atoms with Crippen molar-refractivity contribution >= 4 is 29.4 Å². The van der Waals surface area contributed by atoms with Gasteiger partial charge in [0.15, 0.2) is 0 Å². The van der Waals surface area contributed by atoms with Gasteiger partial charge in [0.2, 0.25) is 5.91 Å². The molecule has 2 amide bonds. The lowest BCUT2D eigenvalue weighted by Crippen LogP contribution is -2.62. The predicted molar refractivity (Wildman–Crippen MR) is 193 cm³/mol. The number of hydroxylamine groups is 2. The number of rotatable bonds is 12. The number of ether oxygens (including phenoxy) is 3. The molecule has 0 aromatic heterocycles. The van der Waals surface area contributed by atoms with Crippen molar-refractivity contribution in [2.24, 2.45) is 29.1 Å². The molecule has 3 aliphatic carbocycles. The summed E-state index contributed by atoms with van der Waals surface area (Å²) in [4.78, 5) is 59.8. The Labute approximate surface area is 301 Å². The number of methoxy groups -OCH3 is 1. The molecule has 51 heavy (non-hydrogen) atoms. The summed E-state index contributed by atoms with van der Waals surface area (Å²) >= 11 is 0. The number of hydrogen-bond acceptors (Lipinski definition) is 10. The van der Waals surface area contributed by atoms with Crippen LogP contribution in [0.4, 0.5) is 5.69 Å². The van der Waals surface area contributed by atoms with E-state index in [0.29, 0.717) is 29.1 Å². The monoisotopic (exact) mass is 706 g/mol. The number of nitrogens with zero attached hydrogens (tertiary/aromatic N) is 2. The third kappa shape index (κ3) is 7.72. The summed E-state index contributed by atoms with van der Waals surface area (Å²) in [6.45, 7) is 11.2. The average Bonchev–Trinajstić information content (AvgIpc) is 3.44. The fourth-order valence-corrected chi connectivity index (χ4v) is 8.64. The van der Waals surface area contributed by atoms with E-state index in [1.807, 2.05) is 55.4 Å². The summed E-state index contributed by atoms with van der Waals surface area (Å²) in [6, 6.07) is 10.5. The number of anilines is 1. The van der Waals surface area contributed by atoms with Crippen molar-refractivity contribution in [2.45, 2.75) is 85.2 Å². The number of para-hydroxylation sites is 1. The first-order valence-electron chi connectivity index (χ1n) is 17.8. The van der Waals surface area contributed by atoms with E-state index in [0.717, 1.165) is 28.8 Å². The van der Waals surface area contributed by atoms with Crippen molar-refractivity contribution in [1.82, 2.24) is 15.7 Å². The van der Waals surface area contributed by atoms with E-state index in [2.05, 4.69) is 31.4 Å². The Morgan fingerprint density at radius 1 is 1.08 bits per heavy atom. The van der Waals surface area contributed by atoms with E-state index in [1.54, 1.807) is 26.1 Å². The molecule has 2 aromatic carbocycles. The van der Waals surface area contributed by atoms with Gasteiger partial charge in [0.05, 0.1) is 19.6 Å². The molecule has 4 aliphatic rings. The molecule has 0 unspecified atom stereocenters. The Bertz CT molecular complexity index is 1640. The van der Waals surface area contributed by atoms with E-state index in [-0.39, 0.29) is 36.4 Å². The first-order chi connectivity index (χ1) is 24.1. The molecule has 3 saturated carbocycles. The number of fused-ring (bicyclic) bond motifs is 2. The number of carbonyl (C=O) groups is 4. The standard InChI is InChI=1S/C39H54N4O8/c1-21-31-17-28(39(31,5)6)18-32(21)41-38(47)35-34(22(2)50-24(4)45)33(20-49-23(3)44)51-43(35)19-25-12-11-13-30(36(25)48-10)26-14-27(37(46)40-7)16-29(15-26)42(8)9/h11-16,21-22,28,31-35H,17-20H2,1-10H3,(H,40,46)(H,41,47)/t21-,22-,28+,31+,32-,33-,34+,35-/m0/s1. The lowest BCUT2D eigenvalue weighted by Gasteiger charge is -2.62. The number of benzene rings is 2. The van der Waals surface area contributed by atoms with E-state index >= 15 is 0 Å². The molecule has 8 atom stereocenters. The minimum atomic E-state index is -0.886. The van der Waals surface area contributed by atoms with Gasteiger partial charge in [0, 0.05) is 63.4 Å². The van der Waals surface area contributed by atoms with Gasteiger partial charge < -0.3 is 29.7 Å². The van der Waals surface area contributed by atoms with Gasteiger partial charge in [0.25, 0.3) is 5.91 Å². The van der Waals surface area contributed by atoms with E-state index in [1.165, 1.54) is 20.3 Å². The molecule has 12 nitrogen and oxygen atoms in total. The summed E-state index contributed by atoms with van der Waals surface area (Å²) in [6.07, 6.45) is 0.570. The van der Waals surface area contributed by atoms with E-state index < -0.39 is 36.1 Å². The van der Waals surface area contributed by atoms with Crippen LogP contribution in [0.5, 0.6) is 5.75 Å². The molecule has 2 aromatic rings. The molecule has 4 fully saturated rings. The fourth-order valence-electron chi connectivity index (χ4n) is 8.64. The number of nitrogens with one attached hydrogen (secondary N) is 2. The normalized spacial score (nSPS) is 27.1. The second kappa shape index (κ2) is 15.2. The Kier molecular flexibility index (Phi) is 11.4. The first-order valence-corrected chi connectivity index (χ1v) is 17.8. The van der Waals surface area contributed by atoms with E-state index in [9.17, 15) is 19.2 Å². The van der Waals surface area contributed by atoms with Gasteiger partial charge in [0.1, 0.15) is 30.6 Å². The second-order valence-electron chi connectivity index (χ2n) is 15.2. The summed E-state index contributed by atoms with van der Waals surface area (Å²) in [7, 11) is 7.00. The van der Waals surface area contributed by atoms with Crippen LogP contribution in [0.2, 0.25) is 0 Å². The maximum atomic E-state index is 14.5. The van der Waals surface area contributed by atoms with Crippen LogP contribution in [-0.4, -0.2) is 88.0 Å². The van der Waals surface area contributed by atoms with Crippen LogP contribution < -0.4 is 20.3 Å². The zero-order chi connectivity index (χ0) is 37.4. The van der Waals surface area contributed by atoms with Crippen molar-refractivity contribution in [3.05, 3.63) is 47.5 Å². The molecular weight excluding hydrogens is 652 g/mol. The highest BCUT2D eigenvalue weighted by Crippen LogP contribution is 2.61. The number of esters is 2. The van der Waals surface area contributed by atoms with Crippen molar-refractivity contribution < 1.29 is 38.2 Å². The zero-order valence-electron chi connectivity index (χ0n) is 31.6. The Morgan fingerprint density at radius 3 is 2.39 bits per heavy atom. The highest BCUT2D eigenvalue weighted by Gasteiger charge is 2.58. The van der Waals surface area contributed by atoms with Crippen molar-refractivity contribution in [3.8, 4) is 16.9 Å². The average molecular weight is 707 g/mol. The highest BCUT2D eigenvalue weighted by molar-refractivity contribution is 5.97. The molecule has 12 heteroatoms. The van der Waals surface area contributed by atoms with Gasteiger partial charge in [-0.05, 0) is 66.7 Å². The molecule has 6 rings (SSSR count). The maximum absolute atomic E-state index is 14.5. The smallest absolute Gasteiger partial charge is 0.302 e. The third-order valence-corrected chi connectivity index (χ3v) is 11.5. The number of amides is 2. The molecule has 1 saturated heterocycles. The number of carbonyl (C=O) groups excluding carboxylic acids is 4. The largest absolute Gasteiger partial charge is 0.496 e. The van der Waals surface area contributed by atoms with Gasteiger partial charge in [-0.3, -0.25) is 24.0 Å². The van der Waals surface area contributed by atoms with Crippen molar-refractivity contribution in [3.63, 3.8) is 0 Å². The molecule has 0 spiro atoms. The van der Waals surface area contributed by atoms with Gasteiger partial charge in [-0.1, -0.05) is 39.0 Å². The van der Waals surface area contributed by atoms with Gasteiger partial charge in [-0.15, -0.1) is 0 Å². The van der Waals surface area contributed by atoms with Crippen LogP contribution in [0.15, 0.2) is 36.4 Å². The van der Waals surface area contributed by atoms with Crippen LogP contribution in [0.1, 0.15) is 70.3 Å². The van der Waals surface area contributed by atoms with E-state index in [4.69, 9.17) is 19.0 Å².